The number of imidazole rings is 1. The van der Waals surface area contributed by atoms with Crippen molar-refractivity contribution in [2.75, 3.05) is 7.11 Å². The zero-order chi connectivity index (χ0) is 18.4. The highest BCUT2D eigenvalue weighted by atomic mass is 19.4. The molecule has 2 heterocycles. The van der Waals surface area contributed by atoms with E-state index in [4.69, 9.17) is 4.74 Å². The van der Waals surface area contributed by atoms with Gasteiger partial charge in [-0.2, -0.15) is 13.2 Å². The van der Waals surface area contributed by atoms with Gasteiger partial charge in [0.05, 0.1) is 47.7 Å². The molecule has 3 rings (SSSR count). The number of halogens is 3. The first-order chi connectivity index (χ1) is 11.7. The van der Waals surface area contributed by atoms with Crippen LogP contribution < -0.4 is 0 Å². The molecule has 0 aliphatic carbocycles. The highest BCUT2D eigenvalue weighted by Crippen LogP contribution is 2.39. The number of aryl methyl sites for hydroxylation is 1. The van der Waals surface area contributed by atoms with E-state index in [0.717, 1.165) is 13.2 Å². The molecule has 0 fully saturated rings. The number of phenolic OH excluding ortho intramolecular Hbond substituents is 1. The van der Waals surface area contributed by atoms with Gasteiger partial charge in [0.15, 0.2) is 0 Å². The Morgan fingerprint density at radius 3 is 2.56 bits per heavy atom. The van der Waals surface area contributed by atoms with E-state index < -0.39 is 23.5 Å². The van der Waals surface area contributed by atoms with Gasteiger partial charge in [-0.1, -0.05) is 0 Å². The monoisotopic (exact) mass is 351 g/mol. The lowest BCUT2D eigenvalue weighted by atomic mass is 10.0. The van der Waals surface area contributed by atoms with E-state index >= 15 is 0 Å². The van der Waals surface area contributed by atoms with Crippen molar-refractivity contribution in [1.82, 2.24) is 14.5 Å². The summed E-state index contributed by atoms with van der Waals surface area (Å²) >= 11 is 0. The van der Waals surface area contributed by atoms with Crippen LogP contribution in [0, 0.1) is 0 Å². The van der Waals surface area contributed by atoms with Crippen LogP contribution in [-0.4, -0.2) is 32.7 Å². The van der Waals surface area contributed by atoms with Gasteiger partial charge < -0.3 is 14.4 Å². The maximum atomic E-state index is 13.0. The number of methoxy groups -OCH3 is 1. The van der Waals surface area contributed by atoms with Crippen molar-refractivity contribution in [3.8, 4) is 17.1 Å². The fourth-order valence-corrected chi connectivity index (χ4v) is 2.50. The molecule has 0 atom stereocenters. The predicted octanol–water partition coefficient (Wildman–Crippen LogP) is 3.15. The van der Waals surface area contributed by atoms with Gasteiger partial charge in [-0.15, -0.1) is 0 Å². The molecule has 0 amide bonds. The molecular weight excluding hydrogens is 339 g/mol. The molecule has 2 aromatic heterocycles. The number of aromatic nitrogens is 3. The largest absolute Gasteiger partial charge is 0.507 e. The van der Waals surface area contributed by atoms with E-state index in [2.05, 4.69) is 9.97 Å². The van der Waals surface area contributed by atoms with Crippen LogP contribution in [0.2, 0.25) is 0 Å². The Balaban J connectivity index is 2.36. The second-order valence-electron chi connectivity index (χ2n) is 5.32. The SMILES string of the molecule is COC(=O)c1cc(-c2cncn2C)nc2cc(C(F)(F)F)c(O)cc12. The lowest BCUT2D eigenvalue weighted by Crippen LogP contribution is -2.08. The average molecular weight is 351 g/mol. The Morgan fingerprint density at radius 2 is 2.00 bits per heavy atom. The summed E-state index contributed by atoms with van der Waals surface area (Å²) in [6, 6.07) is 2.96. The molecule has 130 valence electrons. The number of rotatable bonds is 2. The van der Waals surface area contributed by atoms with E-state index in [1.165, 1.54) is 18.6 Å². The fourth-order valence-electron chi connectivity index (χ4n) is 2.50. The molecule has 0 bridgehead atoms. The van der Waals surface area contributed by atoms with Crippen molar-refractivity contribution in [2.24, 2.45) is 7.05 Å². The number of aromatic hydroxyl groups is 1. The zero-order valence-electron chi connectivity index (χ0n) is 13.1. The van der Waals surface area contributed by atoms with Gasteiger partial charge >= 0.3 is 12.1 Å². The van der Waals surface area contributed by atoms with E-state index in [1.807, 2.05) is 0 Å². The molecule has 0 radical (unpaired) electrons. The number of benzene rings is 1. The van der Waals surface area contributed by atoms with Crippen LogP contribution in [0.3, 0.4) is 0 Å². The molecule has 0 unspecified atom stereocenters. The maximum absolute atomic E-state index is 13.0. The first-order valence-corrected chi connectivity index (χ1v) is 7.02. The quantitative estimate of drug-likeness (QED) is 0.718. The highest BCUT2D eigenvalue weighted by Gasteiger charge is 2.35. The van der Waals surface area contributed by atoms with Crippen LogP contribution in [0.1, 0.15) is 15.9 Å². The molecule has 9 heteroatoms. The van der Waals surface area contributed by atoms with Crippen LogP contribution in [0.25, 0.3) is 22.3 Å². The summed E-state index contributed by atoms with van der Waals surface area (Å²) < 4.78 is 45.4. The number of pyridine rings is 1. The number of hydrogen-bond donors (Lipinski definition) is 1. The minimum Gasteiger partial charge on any atom is -0.507 e. The average Bonchev–Trinajstić information content (AvgIpc) is 2.97. The molecule has 0 saturated heterocycles. The highest BCUT2D eigenvalue weighted by molar-refractivity contribution is 6.05. The van der Waals surface area contributed by atoms with E-state index in [1.54, 1.807) is 11.6 Å². The van der Waals surface area contributed by atoms with Gasteiger partial charge in [0.2, 0.25) is 0 Å². The predicted molar refractivity (Wildman–Crippen MR) is 82.0 cm³/mol. The van der Waals surface area contributed by atoms with Crippen molar-refractivity contribution in [3.63, 3.8) is 0 Å². The summed E-state index contributed by atoms with van der Waals surface area (Å²) in [5.41, 5.74) is -0.567. The fraction of sp³-hybridized carbons (Fsp3) is 0.188. The lowest BCUT2D eigenvalue weighted by Gasteiger charge is -2.13. The molecular formula is C16H12F3N3O3. The van der Waals surface area contributed by atoms with Crippen molar-refractivity contribution < 1.29 is 27.8 Å². The van der Waals surface area contributed by atoms with Gasteiger partial charge in [0, 0.05) is 12.4 Å². The van der Waals surface area contributed by atoms with Gasteiger partial charge in [-0.05, 0) is 18.2 Å². The summed E-state index contributed by atoms with van der Waals surface area (Å²) in [4.78, 5) is 20.2. The minimum absolute atomic E-state index is 0.00674. The molecule has 1 N–H and O–H groups in total. The van der Waals surface area contributed by atoms with Crippen LogP contribution >= 0.6 is 0 Å². The summed E-state index contributed by atoms with van der Waals surface area (Å²) in [6.07, 6.45) is -1.79. The number of nitrogens with zero attached hydrogens (tertiary/aromatic N) is 3. The molecule has 0 aliphatic heterocycles. The molecule has 0 aliphatic rings. The Kier molecular flexibility index (Phi) is 3.86. The molecule has 0 saturated carbocycles. The molecule has 25 heavy (non-hydrogen) atoms. The standard InChI is InChI=1S/C16H12F3N3O3/c1-22-7-20-6-13(22)12-3-9(15(24)25-2)8-4-14(23)10(16(17,18)19)5-11(8)21-12/h3-7,23H,1-2H3. The molecule has 1 aromatic carbocycles. The van der Waals surface area contributed by atoms with Crippen LogP contribution in [-0.2, 0) is 18.0 Å². The van der Waals surface area contributed by atoms with Crippen molar-refractivity contribution in [3.05, 3.63) is 41.9 Å². The number of carbonyl (C=O) groups excluding carboxylic acids is 1. The third kappa shape index (κ3) is 2.88. The number of fused-ring (bicyclic) bond motifs is 1. The normalized spacial score (nSPS) is 11.7. The number of alkyl halides is 3. The number of esters is 1. The molecule has 3 aromatic rings. The number of carbonyl (C=O) groups is 1. The van der Waals surface area contributed by atoms with Crippen molar-refractivity contribution in [2.45, 2.75) is 6.18 Å². The summed E-state index contributed by atoms with van der Waals surface area (Å²) in [5.74, 6) is -1.74. The first-order valence-electron chi connectivity index (χ1n) is 7.02. The van der Waals surface area contributed by atoms with Gasteiger partial charge in [0.25, 0.3) is 0 Å². The topological polar surface area (TPSA) is 77.2 Å². The molecule has 0 spiro atoms. The Bertz CT molecular complexity index is 980. The Labute approximate surface area is 139 Å². The van der Waals surface area contributed by atoms with Crippen molar-refractivity contribution >= 4 is 16.9 Å². The third-order valence-electron chi connectivity index (χ3n) is 3.72. The maximum Gasteiger partial charge on any atom is 0.420 e. The van der Waals surface area contributed by atoms with Crippen LogP contribution in [0.5, 0.6) is 5.75 Å². The Hall–Kier alpha value is -3.10. The second kappa shape index (κ2) is 5.76. The second-order valence-corrected chi connectivity index (χ2v) is 5.32. The lowest BCUT2D eigenvalue weighted by molar-refractivity contribution is -0.138. The van der Waals surface area contributed by atoms with Gasteiger partial charge in [-0.3, -0.25) is 0 Å². The smallest absolute Gasteiger partial charge is 0.420 e. The number of phenols is 1. The summed E-state index contributed by atoms with van der Waals surface area (Å²) in [6.45, 7) is 0. The minimum atomic E-state index is -4.76. The summed E-state index contributed by atoms with van der Waals surface area (Å²) in [7, 11) is 2.84. The van der Waals surface area contributed by atoms with Gasteiger partial charge in [0.1, 0.15) is 5.75 Å². The third-order valence-corrected chi connectivity index (χ3v) is 3.72. The van der Waals surface area contributed by atoms with Crippen molar-refractivity contribution in [1.29, 1.82) is 0 Å². The number of ether oxygens (including phenoxy) is 1. The van der Waals surface area contributed by atoms with E-state index in [-0.39, 0.29) is 22.2 Å². The van der Waals surface area contributed by atoms with Crippen LogP contribution in [0.15, 0.2) is 30.7 Å². The van der Waals surface area contributed by atoms with Crippen LogP contribution in [0.4, 0.5) is 13.2 Å². The summed E-state index contributed by atoms with van der Waals surface area (Å²) in [5, 5.41) is 9.77. The number of hydrogen-bond acceptors (Lipinski definition) is 5. The first kappa shape index (κ1) is 16.7. The Morgan fingerprint density at radius 1 is 1.28 bits per heavy atom. The molecule has 6 nitrogen and oxygen atoms in total. The zero-order valence-corrected chi connectivity index (χ0v) is 13.1. The van der Waals surface area contributed by atoms with E-state index in [0.29, 0.717) is 11.8 Å². The van der Waals surface area contributed by atoms with E-state index in [9.17, 15) is 23.1 Å². The van der Waals surface area contributed by atoms with Gasteiger partial charge in [-0.25, -0.2) is 14.8 Å².